The summed E-state index contributed by atoms with van der Waals surface area (Å²) in [6, 6.07) is 8.58. The molecule has 0 amide bonds. The predicted molar refractivity (Wildman–Crippen MR) is 114 cm³/mol. The van der Waals surface area contributed by atoms with Gasteiger partial charge in [0.25, 0.3) is 0 Å². The first-order valence-electron chi connectivity index (χ1n) is 8.88. The Bertz CT molecular complexity index is 508. The molecule has 1 aliphatic rings. The summed E-state index contributed by atoms with van der Waals surface area (Å²) in [5.74, 6) is 1.59. The molecule has 0 saturated carbocycles. The maximum atomic E-state index is 5.67. The van der Waals surface area contributed by atoms with Crippen molar-refractivity contribution in [2.45, 2.75) is 26.8 Å². The van der Waals surface area contributed by atoms with Crippen molar-refractivity contribution in [1.29, 1.82) is 0 Å². The highest BCUT2D eigenvalue weighted by Crippen LogP contribution is 2.17. The first kappa shape index (κ1) is 22.2. The van der Waals surface area contributed by atoms with E-state index >= 15 is 0 Å². The summed E-state index contributed by atoms with van der Waals surface area (Å²) >= 11 is 0. The van der Waals surface area contributed by atoms with Crippen molar-refractivity contribution >= 4 is 29.9 Å². The van der Waals surface area contributed by atoms with Gasteiger partial charge < -0.3 is 19.7 Å². The van der Waals surface area contributed by atoms with Gasteiger partial charge in [0.05, 0.1) is 26.4 Å². The molecule has 0 spiro atoms. The molecule has 25 heavy (non-hydrogen) atoms. The van der Waals surface area contributed by atoms with Crippen LogP contribution in [-0.2, 0) is 16.0 Å². The van der Waals surface area contributed by atoms with E-state index in [0.717, 1.165) is 38.6 Å². The van der Waals surface area contributed by atoms with Gasteiger partial charge in [0.1, 0.15) is 0 Å². The highest BCUT2D eigenvalue weighted by molar-refractivity contribution is 14.0. The fourth-order valence-corrected chi connectivity index (χ4v) is 2.84. The number of guanidine groups is 1. The number of rotatable bonds is 8. The monoisotopic (exact) mass is 461 g/mol. The van der Waals surface area contributed by atoms with Gasteiger partial charge in [0, 0.05) is 32.7 Å². The average molecular weight is 461 g/mol. The molecule has 142 valence electrons. The second-order valence-corrected chi connectivity index (χ2v) is 6.32. The Kier molecular flexibility index (Phi) is 11.1. The molecule has 1 fully saturated rings. The van der Waals surface area contributed by atoms with Crippen LogP contribution >= 0.6 is 24.0 Å². The maximum absolute atomic E-state index is 5.67. The standard InChI is InChI=1S/C19H31N3O2.HI/c1-4-20-19(21-13-17-7-5-16(2)6-8-17)22-10-9-18(14-22)15-24-12-11-23-3;/h5-8,18H,4,9-15H2,1-3H3,(H,20,21);1H. The van der Waals surface area contributed by atoms with E-state index < -0.39 is 0 Å². The first-order valence-corrected chi connectivity index (χ1v) is 8.88. The van der Waals surface area contributed by atoms with Crippen molar-refractivity contribution in [2.24, 2.45) is 10.9 Å². The van der Waals surface area contributed by atoms with E-state index in [4.69, 9.17) is 14.5 Å². The second-order valence-electron chi connectivity index (χ2n) is 6.32. The van der Waals surface area contributed by atoms with Crippen LogP contribution in [0.2, 0.25) is 0 Å². The SMILES string of the molecule is CCNC(=NCc1ccc(C)cc1)N1CCC(COCCOC)C1.I. The molecule has 0 aromatic heterocycles. The zero-order valence-corrected chi connectivity index (χ0v) is 18.0. The summed E-state index contributed by atoms with van der Waals surface area (Å²) < 4.78 is 10.7. The summed E-state index contributed by atoms with van der Waals surface area (Å²) in [4.78, 5) is 7.16. The van der Waals surface area contributed by atoms with Crippen molar-refractivity contribution < 1.29 is 9.47 Å². The number of nitrogens with one attached hydrogen (secondary N) is 1. The van der Waals surface area contributed by atoms with Gasteiger partial charge >= 0.3 is 0 Å². The highest BCUT2D eigenvalue weighted by Gasteiger charge is 2.24. The molecule has 5 nitrogen and oxygen atoms in total. The Labute approximate surface area is 169 Å². The van der Waals surface area contributed by atoms with E-state index in [2.05, 4.69) is 48.3 Å². The fourth-order valence-electron chi connectivity index (χ4n) is 2.84. The van der Waals surface area contributed by atoms with Crippen LogP contribution < -0.4 is 5.32 Å². The van der Waals surface area contributed by atoms with Gasteiger partial charge in [-0.2, -0.15) is 0 Å². The number of ether oxygens (including phenoxy) is 2. The third-order valence-corrected chi connectivity index (χ3v) is 4.24. The Hall–Kier alpha value is -0.860. The van der Waals surface area contributed by atoms with E-state index in [9.17, 15) is 0 Å². The van der Waals surface area contributed by atoms with Crippen LogP contribution in [0.1, 0.15) is 24.5 Å². The van der Waals surface area contributed by atoms with Gasteiger partial charge in [0.15, 0.2) is 5.96 Å². The molecule has 0 aliphatic carbocycles. The van der Waals surface area contributed by atoms with Gasteiger partial charge in [-0.3, -0.25) is 0 Å². The number of aliphatic imine (C=N–C) groups is 1. The maximum Gasteiger partial charge on any atom is 0.194 e. The lowest BCUT2D eigenvalue weighted by Crippen LogP contribution is -2.40. The number of aryl methyl sites for hydroxylation is 1. The lowest BCUT2D eigenvalue weighted by Gasteiger charge is -2.21. The number of hydrogen-bond donors (Lipinski definition) is 1. The molecule has 1 saturated heterocycles. The number of hydrogen-bond acceptors (Lipinski definition) is 3. The number of likely N-dealkylation sites (tertiary alicyclic amines) is 1. The third-order valence-electron chi connectivity index (χ3n) is 4.24. The molecule has 1 aromatic carbocycles. The molecule has 6 heteroatoms. The van der Waals surface area contributed by atoms with E-state index in [1.54, 1.807) is 7.11 Å². The molecule has 0 radical (unpaired) electrons. The van der Waals surface area contributed by atoms with Crippen molar-refractivity contribution in [3.63, 3.8) is 0 Å². The molecular weight excluding hydrogens is 429 g/mol. The van der Waals surface area contributed by atoms with Crippen molar-refractivity contribution in [3.05, 3.63) is 35.4 Å². The lowest BCUT2D eigenvalue weighted by atomic mass is 10.1. The molecule has 2 rings (SSSR count). The van der Waals surface area contributed by atoms with Crippen LogP contribution in [0.15, 0.2) is 29.3 Å². The molecule has 0 bridgehead atoms. The molecule has 1 unspecified atom stereocenters. The zero-order valence-electron chi connectivity index (χ0n) is 15.7. The van der Waals surface area contributed by atoms with Crippen LogP contribution in [-0.4, -0.2) is 57.4 Å². The van der Waals surface area contributed by atoms with Gasteiger partial charge in [-0.25, -0.2) is 4.99 Å². The minimum Gasteiger partial charge on any atom is -0.382 e. The Balaban J connectivity index is 0.00000312. The van der Waals surface area contributed by atoms with Crippen molar-refractivity contribution in [3.8, 4) is 0 Å². The Morgan fingerprint density at radius 1 is 1.28 bits per heavy atom. The topological polar surface area (TPSA) is 46.1 Å². The molecule has 1 aliphatic heterocycles. The summed E-state index contributed by atoms with van der Waals surface area (Å²) in [5, 5.41) is 3.42. The van der Waals surface area contributed by atoms with E-state index in [1.165, 1.54) is 11.1 Å². The molecule has 1 aromatic rings. The highest BCUT2D eigenvalue weighted by atomic mass is 127. The number of benzene rings is 1. The van der Waals surface area contributed by atoms with Gasteiger partial charge in [-0.15, -0.1) is 24.0 Å². The van der Waals surface area contributed by atoms with Crippen LogP contribution in [0.4, 0.5) is 0 Å². The minimum absolute atomic E-state index is 0. The number of methoxy groups -OCH3 is 1. The van der Waals surface area contributed by atoms with Crippen molar-refractivity contribution in [2.75, 3.05) is 46.6 Å². The number of nitrogens with zero attached hydrogens (tertiary/aromatic N) is 2. The van der Waals surface area contributed by atoms with Crippen molar-refractivity contribution in [1.82, 2.24) is 10.2 Å². The van der Waals surface area contributed by atoms with Crippen LogP contribution in [0.3, 0.4) is 0 Å². The van der Waals surface area contributed by atoms with E-state index in [1.807, 2.05) is 0 Å². The first-order chi connectivity index (χ1) is 11.7. The van der Waals surface area contributed by atoms with Crippen LogP contribution in [0.5, 0.6) is 0 Å². The molecule has 1 N–H and O–H groups in total. The largest absolute Gasteiger partial charge is 0.382 e. The summed E-state index contributed by atoms with van der Waals surface area (Å²) in [5.41, 5.74) is 2.53. The predicted octanol–water partition coefficient (Wildman–Crippen LogP) is 3.06. The van der Waals surface area contributed by atoms with E-state index in [-0.39, 0.29) is 24.0 Å². The van der Waals surface area contributed by atoms with Gasteiger partial charge in [0.2, 0.25) is 0 Å². The minimum atomic E-state index is 0. The molecule has 1 heterocycles. The molecule has 1 atom stereocenters. The Morgan fingerprint density at radius 2 is 2.04 bits per heavy atom. The third kappa shape index (κ3) is 7.92. The summed E-state index contributed by atoms with van der Waals surface area (Å²) in [7, 11) is 1.70. The lowest BCUT2D eigenvalue weighted by molar-refractivity contribution is 0.0536. The fraction of sp³-hybridized carbons (Fsp3) is 0.632. The smallest absolute Gasteiger partial charge is 0.194 e. The molecular formula is C19H32IN3O2. The average Bonchev–Trinajstić information content (AvgIpc) is 3.06. The number of halogens is 1. The normalized spacial score (nSPS) is 17.5. The van der Waals surface area contributed by atoms with Crippen LogP contribution in [0.25, 0.3) is 0 Å². The summed E-state index contributed by atoms with van der Waals surface area (Å²) in [6.07, 6.45) is 1.15. The van der Waals surface area contributed by atoms with E-state index in [0.29, 0.717) is 25.7 Å². The van der Waals surface area contributed by atoms with Gasteiger partial charge in [-0.1, -0.05) is 29.8 Å². The quantitative estimate of drug-likeness (QED) is 0.280. The van der Waals surface area contributed by atoms with Gasteiger partial charge in [-0.05, 0) is 25.8 Å². The zero-order chi connectivity index (χ0) is 17.2. The Morgan fingerprint density at radius 3 is 2.72 bits per heavy atom. The van der Waals surface area contributed by atoms with Crippen LogP contribution in [0, 0.1) is 12.8 Å². The second kappa shape index (κ2) is 12.5. The summed E-state index contributed by atoms with van der Waals surface area (Å²) in [6.45, 7) is 10.0.